The van der Waals surface area contributed by atoms with Gasteiger partial charge in [0.25, 0.3) is 5.91 Å². The molecule has 1 aliphatic carbocycles. The minimum Gasteiger partial charge on any atom is -0.488 e. The van der Waals surface area contributed by atoms with Crippen LogP contribution in [0.25, 0.3) is 11.0 Å². The second-order valence-corrected chi connectivity index (χ2v) is 8.58. The van der Waals surface area contributed by atoms with Crippen LogP contribution in [0, 0.1) is 0 Å². The third kappa shape index (κ3) is 5.01. The van der Waals surface area contributed by atoms with Crippen LogP contribution < -0.4 is 20.3 Å². The standard InChI is InChI=1S/C24H29N7O3/c1-25-23(32)16-14-28-24(29-15-16)30-17-2-4-19(5-3-17)34-21-13-18(31-8-10-33-11-9-31)12-20-22(21)27-7-6-26-20/h6-7,12-15,17,19H,2-5,8-11H2,1H3,(H,25,32)(H,28,29,30)/t17-,19+. The Morgan fingerprint density at radius 3 is 2.50 bits per heavy atom. The molecule has 1 saturated heterocycles. The molecule has 1 aromatic carbocycles. The minimum absolute atomic E-state index is 0.111. The smallest absolute Gasteiger partial charge is 0.254 e. The van der Waals surface area contributed by atoms with E-state index in [9.17, 15) is 4.79 Å². The SMILES string of the molecule is CNC(=O)c1cnc(N[C@H]2CC[C@@H](Oc3cc(N4CCOCC4)cc4nccnc34)CC2)nc1. The van der Waals surface area contributed by atoms with E-state index in [4.69, 9.17) is 9.47 Å². The van der Waals surface area contributed by atoms with E-state index >= 15 is 0 Å². The number of morpholine rings is 1. The molecule has 0 unspecified atom stereocenters. The van der Waals surface area contributed by atoms with Crippen LogP contribution in [0.5, 0.6) is 5.75 Å². The Bertz CT molecular complexity index is 1130. The van der Waals surface area contributed by atoms with E-state index in [2.05, 4.69) is 47.6 Å². The number of aromatic nitrogens is 4. The Kier molecular flexibility index (Phi) is 6.66. The molecule has 10 nitrogen and oxygen atoms in total. The average Bonchev–Trinajstić information content (AvgIpc) is 2.90. The van der Waals surface area contributed by atoms with Gasteiger partial charge < -0.3 is 25.0 Å². The molecule has 1 aliphatic heterocycles. The Morgan fingerprint density at radius 2 is 1.76 bits per heavy atom. The molecule has 2 aromatic heterocycles. The molecule has 2 fully saturated rings. The van der Waals surface area contributed by atoms with Gasteiger partial charge in [-0.25, -0.2) is 15.0 Å². The Hall–Kier alpha value is -3.53. The van der Waals surface area contributed by atoms with Crippen molar-refractivity contribution in [3.63, 3.8) is 0 Å². The molecule has 0 radical (unpaired) electrons. The second kappa shape index (κ2) is 10.2. The Morgan fingerprint density at radius 1 is 1.03 bits per heavy atom. The van der Waals surface area contributed by atoms with Gasteiger partial charge in [-0.1, -0.05) is 0 Å². The summed E-state index contributed by atoms with van der Waals surface area (Å²) in [7, 11) is 1.59. The zero-order valence-corrected chi connectivity index (χ0v) is 19.2. The average molecular weight is 464 g/mol. The number of anilines is 2. The van der Waals surface area contributed by atoms with Crippen LogP contribution in [-0.2, 0) is 4.74 Å². The summed E-state index contributed by atoms with van der Waals surface area (Å²) in [5, 5.41) is 5.95. The number of fused-ring (bicyclic) bond motifs is 1. The first-order valence-corrected chi connectivity index (χ1v) is 11.7. The first kappa shape index (κ1) is 22.3. The third-order valence-corrected chi connectivity index (χ3v) is 6.34. The van der Waals surface area contributed by atoms with Gasteiger partial charge in [0, 0.05) is 62.7 Å². The predicted octanol–water partition coefficient (Wildman–Crippen LogP) is 2.42. The molecule has 0 atom stereocenters. The van der Waals surface area contributed by atoms with Crippen LogP contribution in [0.4, 0.5) is 11.6 Å². The lowest BCUT2D eigenvalue weighted by atomic mass is 9.93. The number of amides is 1. The molecule has 10 heteroatoms. The monoisotopic (exact) mass is 463 g/mol. The van der Waals surface area contributed by atoms with Crippen molar-refractivity contribution in [2.75, 3.05) is 43.6 Å². The van der Waals surface area contributed by atoms with Crippen LogP contribution in [-0.4, -0.2) is 71.3 Å². The van der Waals surface area contributed by atoms with Gasteiger partial charge in [-0.15, -0.1) is 0 Å². The number of carbonyl (C=O) groups excluding carboxylic acids is 1. The van der Waals surface area contributed by atoms with Crippen LogP contribution in [0.3, 0.4) is 0 Å². The highest BCUT2D eigenvalue weighted by molar-refractivity contribution is 5.93. The number of hydrogen-bond donors (Lipinski definition) is 2. The summed E-state index contributed by atoms with van der Waals surface area (Å²) in [4.78, 5) is 31.6. The molecule has 0 spiro atoms. The van der Waals surface area contributed by atoms with Gasteiger partial charge in [0.2, 0.25) is 5.95 Å². The molecule has 1 saturated carbocycles. The van der Waals surface area contributed by atoms with Gasteiger partial charge in [0.15, 0.2) is 0 Å². The van der Waals surface area contributed by atoms with E-state index < -0.39 is 0 Å². The fourth-order valence-electron chi connectivity index (χ4n) is 4.47. The maximum absolute atomic E-state index is 11.7. The van der Waals surface area contributed by atoms with E-state index in [1.54, 1.807) is 19.4 Å². The molecule has 1 amide bonds. The summed E-state index contributed by atoms with van der Waals surface area (Å²) in [5.41, 5.74) is 3.18. The van der Waals surface area contributed by atoms with E-state index in [1.807, 2.05) is 0 Å². The summed E-state index contributed by atoms with van der Waals surface area (Å²) < 4.78 is 12.0. The quantitative estimate of drug-likeness (QED) is 0.569. The molecule has 178 valence electrons. The molecule has 0 bridgehead atoms. The maximum Gasteiger partial charge on any atom is 0.254 e. The Labute approximate surface area is 198 Å². The van der Waals surface area contributed by atoms with Crippen molar-refractivity contribution in [2.24, 2.45) is 0 Å². The number of nitrogens with zero attached hydrogens (tertiary/aromatic N) is 5. The molecule has 2 aliphatic rings. The lowest BCUT2D eigenvalue weighted by Crippen LogP contribution is -2.36. The number of ether oxygens (including phenoxy) is 2. The van der Waals surface area contributed by atoms with Crippen LogP contribution in [0.2, 0.25) is 0 Å². The number of carbonyl (C=O) groups is 1. The highest BCUT2D eigenvalue weighted by atomic mass is 16.5. The van der Waals surface area contributed by atoms with Crippen molar-refractivity contribution < 1.29 is 14.3 Å². The molecule has 5 rings (SSSR count). The van der Waals surface area contributed by atoms with Crippen molar-refractivity contribution in [3.8, 4) is 5.75 Å². The predicted molar refractivity (Wildman–Crippen MR) is 128 cm³/mol. The number of rotatable bonds is 6. The highest BCUT2D eigenvalue weighted by Crippen LogP contribution is 2.33. The highest BCUT2D eigenvalue weighted by Gasteiger charge is 2.24. The summed E-state index contributed by atoms with van der Waals surface area (Å²) >= 11 is 0. The van der Waals surface area contributed by atoms with Gasteiger partial charge in [0.1, 0.15) is 11.3 Å². The largest absolute Gasteiger partial charge is 0.488 e. The molecular formula is C24H29N7O3. The Balaban J connectivity index is 1.23. The van der Waals surface area contributed by atoms with Crippen LogP contribution in [0.1, 0.15) is 36.0 Å². The topological polar surface area (TPSA) is 114 Å². The number of nitrogens with one attached hydrogen (secondary N) is 2. The lowest BCUT2D eigenvalue weighted by molar-refractivity contribution is 0.0962. The van der Waals surface area contributed by atoms with Gasteiger partial charge in [0.05, 0.1) is 30.4 Å². The van der Waals surface area contributed by atoms with Crippen LogP contribution >= 0.6 is 0 Å². The fourth-order valence-corrected chi connectivity index (χ4v) is 4.47. The van der Waals surface area contributed by atoms with E-state index in [-0.39, 0.29) is 18.1 Å². The molecule has 2 N–H and O–H groups in total. The normalized spacial score (nSPS) is 20.7. The van der Waals surface area contributed by atoms with Gasteiger partial charge >= 0.3 is 0 Å². The number of hydrogen-bond acceptors (Lipinski definition) is 9. The van der Waals surface area contributed by atoms with Crippen molar-refractivity contribution in [1.82, 2.24) is 25.3 Å². The second-order valence-electron chi connectivity index (χ2n) is 8.58. The maximum atomic E-state index is 11.7. The zero-order chi connectivity index (χ0) is 23.3. The molecular weight excluding hydrogens is 434 g/mol. The van der Waals surface area contributed by atoms with Gasteiger partial charge in [-0.05, 0) is 31.7 Å². The van der Waals surface area contributed by atoms with Crippen molar-refractivity contribution in [3.05, 3.63) is 42.5 Å². The summed E-state index contributed by atoms with van der Waals surface area (Å²) in [6.45, 7) is 3.16. The summed E-state index contributed by atoms with van der Waals surface area (Å²) in [6, 6.07) is 4.44. The van der Waals surface area contributed by atoms with E-state index in [0.29, 0.717) is 11.5 Å². The lowest BCUT2D eigenvalue weighted by Gasteiger charge is -2.31. The van der Waals surface area contributed by atoms with Gasteiger partial charge in [-0.2, -0.15) is 0 Å². The van der Waals surface area contributed by atoms with E-state index in [1.165, 1.54) is 12.4 Å². The molecule has 34 heavy (non-hydrogen) atoms. The zero-order valence-electron chi connectivity index (χ0n) is 19.2. The molecule has 3 heterocycles. The van der Waals surface area contributed by atoms with Crippen molar-refractivity contribution in [2.45, 2.75) is 37.8 Å². The molecule has 3 aromatic rings. The van der Waals surface area contributed by atoms with Crippen molar-refractivity contribution in [1.29, 1.82) is 0 Å². The van der Waals surface area contributed by atoms with Crippen molar-refractivity contribution >= 4 is 28.6 Å². The first-order chi connectivity index (χ1) is 16.7. The van der Waals surface area contributed by atoms with Gasteiger partial charge in [-0.3, -0.25) is 9.78 Å². The van der Waals surface area contributed by atoms with Crippen LogP contribution in [0.15, 0.2) is 36.9 Å². The minimum atomic E-state index is -0.195. The fraction of sp³-hybridized carbons (Fsp3) is 0.458. The first-order valence-electron chi connectivity index (χ1n) is 11.7. The number of benzene rings is 1. The summed E-state index contributed by atoms with van der Waals surface area (Å²) in [6.07, 6.45) is 10.3. The summed E-state index contributed by atoms with van der Waals surface area (Å²) in [5.74, 6) is 1.13. The third-order valence-electron chi connectivity index (χ3n) is 6.34. The van der Waals surface area contributed by atoms with E-state index in [0.717, 1.165) is 74.5 Å².